The zero-order valence-corrected chi connectivity index (χ0v) is 10.5. The SMILES string of the molecule is CCC(O)CNC(=O)c1ccc(Br)c(O)c1. The number of nitrogens with one attached hydrogen (secondary N) is 1. The molecule has 1 atom stereocenters. The Kier molecular flexibility index (Phi) is 4.76. The number of carbonyl (C=O) groups excluding carboxylic acids is 1. The zero-order chi connectivity index (χ0) is 12.1. The minimum atomic E-state index is -0.534. The number of aliphatic hydroxyl groups is 1. The van der Waals surface area contributed by atoms with Gasteiger partial charge in [-0.2, -0.15) is 0 Å². The molecule has 0 aromatic heterocycles. The summed E-state index contributed by atoms with van der Waals surface area (Å²) in [6, 6.07) is 4.57. The molecule has 4 nitrogen and oxygen atoms in total. The second kappa shape index (κ2) is 5.86. The largest absolute Gasteiger partial charge is 0.507 e. The van der Waals surface area contributed by atoms with Crippen molar-refractivity contribution in [3.8, 4) is 5.75 Å². The third kappa shape index (κ3) is 3.50. The maximum Gasteiger partial charge on any atom is 0.251 e. The number of phenolic OH excluding ortho intramolecular Hbond substituents is 1. The molecule has 0 spiro atoms. The van der Waals surface area contributed by atoms with E-state index in [4.69, 9.17) is 0 Å². The number of hydrogen-bond acceptors (Lipinski definition) is 3. The number of aliphatic hydroxyl groups excluding tert-OH is 1. The Labute approximate surface area is 102 Å². The molecular weight excluding hydrogens is 274 g/mol. The number of aromatic hydroxyl groups is 1. The summed E-state index contributed by atoms with van der Waals surface area (Å²) in [5.74, 6) is -0.293. The van der Waals surface area contributed by atoms with Crippen LogP contribution in [0.15, 0.2) is 22.7 Å². The quantitative estimate of drug-likeness (QED) is 0.789. The molecule has 1 aromatic carbocycles. The van der Waals surface area contributed by atoms with Gasteiger partial charge in [-0.3, -0.25) is 4.79 Å². The van der Waals surface area contributed by atoms with Gasteiger partial charge in [0.1, 0.15) is 5.75 Å². The molecule has 1 unspecified atom stereocenters. The molecule has 0 aliphatic carbocycles. The van der Waals surface area contributed by atoms with E-state index in [-0.39, 0.29) is 18.2 Å². The van der Waals surface area contributed by atoms with Crippen molar-refractivity contribution in [3.05, 3.63) is 28.2 Å². The van der Waals surface area contributed by atoms with Crippen molar-refractivity contribution >= 4 is 21.8 Å². The minimum absolute atomic E-state index is 0.0173. The van der Waals surface area contributed by atoms with Crippen molar-refractivity contribution in [3.63, 3.8) is 0 Å². The van der Waals surface area contributed by atoms with Gasteiger partial charge in [0.05, 0.1) is 10.6 Å². The first-order chi connectivity index (χ1) is 7.54. The van der Waals surface area contributed by atoms with E-state index in [0.717, 1.165) is 0 Å². The maximum atomic E-state index is 11.6. The van der Waals surface area contributed by atoms with E-state index in [9.17, 15) is 15.0 Å². The van der Waals surface area contributed by atoms with Crippen LogP contribution in [-0.4, -0.2) is 28.8 Å². The first kappa shape index (κ1) is 13.0. The summed E-state index contributed by atoms with van der Waals surface area (Å²) in [7, 11) is 0. The van der Waals surface area contributed by atoms with Crippen LogP contribution in [0.1, 0.15) is 23.7 Å². The monoisotopic (exact) mass is 287 g/mol. The molecule has 0 bridgehead atoms. The molecule has 0 aliphatic rings. The molecule has 3 N–H and O–H groups in total. The third-order valence-electron chi connectivity index (χ3n) is 2.18. The fraction of sp³-hybridized carbons (Fsp3) is 0.364. The Hall–Kier alpha value is -1.07. The topological polar surface area (TPSA) is 69.6 Å². The van der Waals surface area contributed by atoms with Crippen LogP contribution in [0.4, 0.5) is 0 Å². The van der Waals surface area contributed by atoms with E-state index in [1.807, 2.05) is 6.92 Å². The Bertz CT molecular complexity index is 381. The van der Waals surface area contributed by atoms with Crippen molar-refractivity contribution in [1.82, 2.24) is 5.32 Å². The van der Waals surface area contributed by atoms with E-state index in [1.165, 1.54) is 6.07 Å². The number of rotatable bonds is 4. The Morgan fingerprint density at radius 1 is 1.56 bits per heavy atom. The van der Waals surface area contributed by atoms with Crippen LogP contribution in [0, 0.1) is 0 Å². The summed E-state index contributed by atoms with van der Waals surface area (Å²) in [5.41, 5.74) is 0.365. The van der Waals surface area contributed by atoms with E-state index in [0.29, 0.717) is 16.5 Å². The first-order valence-electron chi connectivity index (χ1n) is 4.99. The van der Waals surface area contributed by atoms with E-state index < -0.39 is 6.10 Å². The van der Waals surface area contributed by atoms with Crippen LogP contribution in [-0.2, 0) is 0 Å². The highest BCUT2D eigenvalue weighted by molar-refractivity contribution is 9.10. The smallest absolute Gasteiger partial charge is 0.251 e. The van der Waals surface area contributed by atoms with Gasteiger partial charge in [-0.1, -0.05) is 6.92 Å². The van der Waals surface area contributed by atoms with Crippen molar-refractivity contribution in [1.29, 1.82) is 0 Å². The van der Waals surface area contributed by atoms with Crippen LogP contribution in [0.25, 0.3) is 0 Å². The van der Waals surface area contributed by atoms with Crippen LogP contribution in [0.5, 0.6) is 5.75 Å². The van der Waals surface area contributed by atoms with Crippen LogP contribution < -0.4 is 5.32 Å². The van der Waals surface area contributed by atoms with Crippen molar-refractivity contribution in [2.24, 2.45) is 0 Å². The lowest BCUT2D eigenvalue weighted by Gasteiger charge is -2.09. The molecule has 0 aliphatic heterocycles. The average molecular weight is 288 g/mol. The Morgan fingerprint density at radius 3 is 2.81 bits per heavy atom. The molecule has 0 heterocycles. The van der Waals surface area contributed by atoms with Crippen molar-refractivity contribution in [2.75, 3.05) is 6.54 Å². The highest BCUT2D eigenvalue weighted by Crippen LogP contribution is 2.24. The summed E-state index contributed by atoms with van der Waals surface area (Å²) in [5, 5.41) is 21.3. The predicted octanol–water partition coefficient (Wildman–Crippen LogP) is 1.66. The summed E-state index contributed by atoms with van der Waals surface area (Å²) in [4.78, 5) is 11.6. The second-order valence-electron chi connectivity index (χ2n) is 3.44. The van der Waals surface area contributed by atoms with Gasteiger partial charge in [-0.15, -0.1) is 0 Å². The molecular formula is C11H14BrNO3. The fourth-order valence-electron chi connectivity index (χ4n) is 1.11. The number of phenols is 1. The van der Waals surface area contributed by atoms with E-state index >= 15 is 0 Å². The zero-order valence-electron chi connectivity index (χ0n) is 8.90. The van der Waals surface area contributed by atoms with E-state index in [1.54, 1.807) is 12.1 Å². The van der Waals surface area contributed by atoms with Gasteiger partial charge in [0.2, 0.25) is 0 Å². The lowest BCUT2D eigenvalue weighted by atomic mass is 10.2. The molecule has 5 heteroatoms. The van der Waals surface area contributed by atoms with Crippen molar-refractivity contribution < 1.29 is 15.0 Å². The summed E-state index contributed by atoms with van der Waals surface area (Å²) in [6.45, 7) is 2.05. The number of hydrogen-bond donors (Lipinski definition) is 3. The lowest BCUT2D eigenvalue weighted by Crippen LogP contribution is -2.31. The standard InChI is InChI=1S/C11H14BrNO3/c1-2-8(14)6-13-11(16)7-3-4-9(12)10(15)5-7/h3-5,8,14-15H,2,6H2,1H3,(H,13,16). The lowest BCUT2D eigenvalue weighted by molar-refractivity contribution is 0.0913. The van der Waals surface area contributed by atoms with Gasteiger partial charge >= 0.3 is 0 Å². The summed E-state index contributed by atoms with van der Waals surface area (Å²) >= 11 is 3.13. The van der Waals surface area contributed by atoms with Gasteiger partial charge in [-0.05, 0) is 40.5 Å². The molecule has 0 fully saturated rings. The van der Waals surface area contributed by atoms with Gasteiger partial charge in [0, 0.05) is 12.1 Å². The molecule has 16 heavy (non-hydrogen) atoms. The Morgan fingerprint density at radius 2 is 2.25 bits per heavy atom. The number of carbonyl (C=O) groups is 1. The van der Waals surface area contributed by atoms with Gasteiger partial charge < -0.3 is 15.5 Å². The molecule has 88 valence electrons. The number of amides is 1. The summed E-state index contributed by atoms with van der Waals surface area (Å²) < 4.78 is 0.539. The predicted molar refractivity (Wildman–Crippen MR) is 64.4 cm³/mol. The van der Waals surface area contributed by atoms with Crippen LogP contribution in [0.2, 0.25) is 0 Å². The summed E-state index contributed by atoms with van der Waals surface area (Å²) in [6.07, 6.45) is 0.0549. The normalized spacial score (nSPS) is 12.2. The van der Waals surface area contributed by atoms with E-state index in [2.05, 4.69) is 21.2 Å². The average Bonchev–Trinajstić information content (AvgIpc) is 2.29. The molecule has 1 rings (SSSR count). The highest BCUT2D eigenvalue weighted by atomic mass is 79.9. The molecule has 0 saturated carbocycles. The number of halogens is 1. The van der Waals surface area contributed by atoms with Gasteiger partial charge in [0.25, 0.3) is 5.91 Å². The molecule has 1 amide bonds. The van der Waals surface area contributed by atoms with Gasteiger partial charge in [-0.25, -0.2) is 0 Å². The Balaban J connectivity index is 2.63. The second-order valence-corrected chi connectivity index (χ2v) is 4.29. The maximum absolute atomic E-state index is 11.6. The van der Waals surface area contributed by atoms with Gasteiger partial charge in [0.15, 0.2) is 0 Å². The molecule has 0 saturated heterocycles. The molecule has 1 aromatic rings. The third-order valence-corrected chi connectivity index (χ3v) is 2.85. The minimum Gasteiger partial charge on any atom is -0.507 e. The first-order valence-corrected chi connectivity index (χ1v) is 5.78. The van der Waals surface area contributed by atoms with Crippen molar-refractivity contribution in [2.45, 2.75) is 19.4 Å². The highest BCUT2D eigenvalue weighted by Gasteiger charge is 2.09. The number of benzene rings is 1. The van der Waals surface area contributed by atoms with Crippen LogP contribution in [0.3, 0.4) is 0 Å². The fourth-order valence-corrected chi connectivity index (χ4v) is 1.36. The molecule has 0 radical (unpaired) electrons. The van der Waals surface area contributed by atoms with Crippen LogP contribution >= 0.6 is 15.9 Å².